The summed E-state index contributed by atoms with van der Waals surface area (Å²) in [6.07, 6.45) is 1.43. The Hall–Kier alpha value is -2.72. The van der Waals surface area contributed by atoms with Crippen molar-refractivity contribution >= 4 is 35.0 Å². The molecule has 0 bridgehead atoms. The first kappa shape index (κ1) is 24.9. The van der Waals surface area contributed by atoms with Crippen LogP contribution in [0.4, 0.5) is 5.69 Å². The van der Waals surface area contributed by atoms with Gasteiger partial charge in [0.1, 0.15) is 6.04 Å². The summed E-state index contributed by atoms with van der Waals surface area (Å²) in [7, 11) is 0. The number of morpholine rings is 1. The smallest absolute Gasteiger partial charge is 0.270 e. The molecule has 0 radical (unpaired) electrons. The topological polar surface area (TPSA) is 122 Å². The van der Waals surface area contributed by atoms with Gasteiger partial charge in [-0.2, -0.15) is 0 Å². The first-order valence-electron chi connectivity index (χ1n) is 11.1. The Balaban J connectivity index is 1.68. The van der Waals surface area contributed by atoms with Crippen molar-refractivity contribution in [2.24, 2.45) is 11.8 Å². The number of rotatable bonds is 6. The Labute approximate surface area is 197 Å². The minimum absolute atomic E-state index is 0.0404. The molecule has 0 saturated carbocycles. The van der Waals surface area contributed by atoms with Gasteiger partial charge in [0.15, 0.2) is 0 Å². The van der Waals surface area contributed by atoms with Gasteiger partial charge in [-0.15, -0.1) is 0 Å². The number of piperidine rings is 1. The maximum Gasteiger partial charge on any atom is 0.270 e. The summed E-state index contributed by atoms with van der Waals surface area (Å²) >= 11 is 6.08. The lowest BCUT2D eigenvalue weighted by Crippen LogP contribution is -2.55. The van der Waals surface area contributed by atoms with Crippen molar-refractivity contribution in [3.05, 3.63) is 38.9 Å². The van der Waals surface area contributed by atoms with Crippen LogP contribution in [0.5, 0.6) is 0 Å². The van der Waals surface area contributed by atoms with Crippen LogP contribution in [-0.4, -0.2) is 77.9 Å². The van der Waals surface area contributed by atoms with Crippen LogP contribution in [0.15, 0.2) is 18.2 Å². The van der Waals surface area contributed by atoms with Gasteiger partial charge in [0.05, 0.1) is 34.6 Å². The average Bonchev–Trinajstić information content (AvgIpc) is 2.81. The molecule has 2 unspecified atom stereocenters. The molecule has 2 heterocycles. The third-order valence-electron chi connectivity index (χ3n) is 6.03. The molecule has 0 aliphatic carbocycles. The number of carbonyl (C=O) groups excluding carboxylic acids is 3. The molecule has 11 heteroatoms. The molecule has 1 N–H and O–H groups in total. The molecule has 3 rings (SSSR count). The molecule has 2 aliphatic rings. The van der Waals surface area contributed by atoms with Crippen LogP contribution >= 0.6 is 11.6 Å². The van der Waals surface area contributed by atoms with Crippen LogP contribution in [-0.2, 0) is 14.3 Å². The van der Waals surface area contributed by atoms with E-state index in [1.165, 1.54) is 12.1 Å². The first-order valence-corrected chi connectivity index (χ1v) is 11.5. The van der Waals surface area contributed by atoms with Crippen LogP contribution in [0, 0.1) is 22.0 Å². The lowest BCUT2D eigenvalue weighted by atomic mass is 9.94. The van der Waals surface area contributed by atoms with E-state index in [0.29, 0.717) is 45.8 Å². The number of non-ortho nitro benzene ring substituents is 1. The summed E-state index contributed by atoms with van der Waals surface area (Å²) in [5.74, 6) is -1.28. The summed E-state index contributed by atoms with van der Waals surface area (Å²) in [6.45, 7) is 6.63. The van der Waals surface area contributed by atoms with Crippen molar-refractivity contribution in [1.82, 2.24) is 15.1 Å². The molecule has 2 aliphatic heterocycles. The highest BCUT2D eigenvalue weighted by Crippen LogP contribution is 2.24. The van der Waals surface area contributed by atoms with Crippen LogP contribution in [0.1, 0.15) is 37.0 Å². The van der Waals surface area contributed by atoms with Gasteiger partial charge in [0.2, 0.25) is 11.8 Å². The van der Waals surface area contributed by atoms with Gasteiger partial charge in [0, 0.05) is 38.3 Å². The molecule has 1 aromatic carbocycles. The highest BCUT2D eigenvalue weighted by Gasteiger charge is 2.36. The number of amides is 3. The second kappa shape index (κ2) is 10.9. The van der Waals surface area contributed by atoms with E-state index in [2.05, 4.69) is 5.32 Å². The average molecular weight is 481 g/mol. The van der Waals surface area contributed by atoms with Crippen molar-refractivity contribution in [2.45, 2.75) is 32.7 Å². The summed E-state index contributed by atoms with van der Waals surface area (Å²) < 4.78 is 5.31. The molecular formula is C22H29ClN4O6. The molecule has 2 saturated heterocycles. The van der Waals surface area contributed by atoms with Gasteiger partial charge in [-0.05, 0) is 24.8 Å². The summed E-state index contributed by atoms with van der Waals surface area (Å²) in [5, 5.41) is 13.6. The highest BCUT2D eigenvalue weighted by molar-refractivity contribution is 6.34. The molecule has 3 amide bonds. The predicted molar refractivity (Wildman–Crippen MR) is 121 cm³/mol. The quantitative estimate of drug-likeness (QED) is 0.491. The van der Waals surface area contributed by atoms with E-state index in [9.17, 15) is 24.5 Å². The van der Waals surface area contributed by atoms with Gasteiger partial charge >= 0.3 is 0 Å². The minimum Gasteiger partial charge on any atom is -0.378 e. The molecule has 2 fully saturated rings. The molecule has 180 valence electrons. The maximum absolute atomic E-state index is 13.3. The summed E-state index contributed by atoms with van der Waals surface area (Å²) in [5.41, 5.74) is -0.169. The summed E-state index contributed by atoms with van der Waals surface area (Å²) in [4.78, 5) is 52.8. The second-order valence-electron chi connectivity index (χ2n) is 8.68. The molecule has 33 heavy (non-hydrogen) atoms. The number of halogens is 1. The SMILES string of the molecule is CC(C)C(NC(=O)c1ccc([N+](=O)[O-])cc1Cl)C(=O)N1CCCC(C(=O)N2CCOCC2)C1. The van der Waals surface area contributed by atoms with E-state index < -0.39 is 16.9 Å². The zero-order chi connectivity index (χ0) is 24.1. The summed E-state index contributed by atoms with van der Waals surface area (Å²) in [6, 6.07) is 2.76. The third-order valence-corrected chi connectivity index (χ3v) is 6.35. The second-order valence-corrected chi connectivity index (χ2v) is 9.08. The van der Waals surface area contributed by atoms with E-state index in [0.717, 1.165) is 12.5 Å². The Bertz CT molecular complexity index is 918. The lowest BCUT2D eigenvalue weighted by Gasteiger charge is -2.38. The molecule has 2 atom stereocenters. The fourth-order valence-corrected chi connectivity index (χ4v) is 4.41. The highest BCUT2D eigenvalue weighted by atomic mass is 35.5. The Morgan fingerprint density at radius 1 is 1.18 bits per heavy atom. The molecule has 0 spiro atoms. The molecule has 0 aromatic heterocycles. The normalized spacial score (nSPS) is 19.8. The largest absolute Gasteiger partial charge is 0.378 e. The van der Waals surface area contributed by atoms with E-state index in [1.807, 2.05) is 13.8 Å². The fraction of sp³-hybridized carbons (Fsp3) is 0.591. The van der Waals surface area contributed by atoms with Gasteiger partial charge in [-0.1, -0.05) is 25.4 Å². The Morgan fingerprint density at radius 2 is 1.88 bits per heavy atom. The number of likely N-dealkylation sites (tertiary alicyclic amines) is 1. The zero-order valence-electron chi connectivity index (χ0n) is 18.8. The number of carbonyl (C=O) groups is 3. The monoisotopic (exact) mass is 480 g/mol. The zero-order valence-corrected chi connectivity index (χ0v) is 19.5. The van der Waals surface area contributed by atoms with E-state index >= 15 is 0 Å². The fourth-order valence-electron chi connectivity index (χ4n) is 4.15. The van der Waals surface area contributed by atoms with Gasteiger partial charge < -0.3 is 19.9 Å². The number of benzene rings is 1. The van der Waals surface area contributed by atoms with E-state index in [4.69, 9.17) is 16.3 Å². The van der Waals surface area contributed by atoms with Crippen molar-refractivity contribution in [3.8, 4) is 0 Å². The maximum atomic E-state index is 13.3. The van der Waals surface area contributed by atoms with Crippen molar-refractivity contribution in [1.29, 1.82) is 0 Å². The number of hydrogen-bond donors (Lipinski definition) is 1. The number of nitro benzene ring substituents is 1. The van der Waals surface area contributed by atoms with Crippen LogP contribution in [0.25, 0.3) is 0 Å². The molecule has 10 nitrogen and oxygen atoms in total. The number of hydrogen-bond acceptors (Lipinski definition) is 6. The number of nitrogens with one attached hydrogen (secondary N) is 1. The van der Waals surface area contributed by atoms with E-state index in [-0.39, 0.29) is 39.9 Å². The van der Waals surface area contributed by atoms with Crippen molar-refractivity contribution in [2.75, 3.05) is 39.4 Å². The standard InChI is InChI=1S/C22H29ClN4O6/c1-14(2)19(24-20(28)17-6-5-16(27(31)32)12-18(17)23)22(30)26-7-3-4-15(13-26)21(29)25-8-10-33-11-9-25/h5-6,12,14-15,19H,3-4,7-11,13H2,1-2H3,(H,24,28). The number of nitrogens with zero attached hydrogens (tertiary/aromatic N) is 3. The number of ether oxygens (including phenoxy) is 1. The number of nitro groups is 1. The van der Waals surface area contributed by atoms with Gasteiger partial charge in [0.25, 0.3) is 11.6 Å². The van der Waals surface area contributed by atoms with Gasteiger partial charge in [-0.25, -0.2) is 0 Å². The van der Waals surface area contributed by atoms with Crippen molar-refractivity contribution in [3.63, 3.8) is 0 Å². The van der Waals surface area contributed by atoms with Crippen molar-refractivity contribution < 1.29 is 24.0 Å². The Morgan fingerprint density at radius 3 is 2.48 bits per heavy atom. The lowest BCUT2D eigenvalue weighted by molar-refractivity contribution is -0.384. The predicted octanol–water partition coefficient (Wildman–Crippen LogP) is 2.10. The van der Waals surface area contributed by atoms with E-state index in [1.54, 1.807) is 9.80 Å². The molecular weight excluding hydrogens is 452 g/mol. The molecule has 1 aromatic rings. The minimum atomic E-state index is -0.819. The first-order chi connectivity index (χ1) is 15.7. The van der Waals surface area contributed by atoms with Crippen LogP contribution < -0.4 is 5.32 Å². The van der Waals surface area contributed by atoms with Gasteiger partial charge in [-0.3, -0.25) is 24.5 Å². The van der Waals surface area contributed by atoms with Crippen LogP contribution in [0.3, 0.4) is 0 Å². The third kappa shape index (κ3) is 6.00. The Kier molecular flexibility index (Phi) is 8.25. The van der Waals surface area contributed by atoms with Crippen LogP contribution in [0.2, 0.25) is 5.02 Å².